The molecule has 6 heteroatoms. The van der Waals surface area contributed by atoms with Crippen molar-refractivity contribution in [1.29, 1.82) is 0 Å². The number of hydrogen-bond donors (Lipinski definition) is 3. The predicted molar refractivity (Wildman–Crippen MR) is 85.5 cm³/mol. The van der Waals surface area contributed by atoms with E-state index < -0.39 is 6.10 Å². The Morgan fingerprint density at radius 1 is 1.52 bits per heavy atom. The van der Waals surface area contributed by atoms with E-state index in [1.807, 2.05) is 12.1 Å². The first-order chi connectivity index (χ1) is 10.0. The average Bonchev–Trinajstić information content (AvgIpc) is 2.45. The number of thiocarbonyl (C=S) groups is 1. The lowest BCUT2D eigenvalue weighted by Crippen LogP contribution is -2.43. The molecule has 0 amide bonds. The summed E-state index contributed by atoms with van der Waals surface area (Å²) in [5.41, 5.74) is 6.32. The van der Waals surface area contributed by atoms with E-state index in [4.69, 9.17) is 22.7 Å². The second-order valence-electron chi connectivity index (χ2n) is 5.41. The Labute approximate surface area is 130 Å². The van der Waals surface area contributed by atoms with Gasteiger partial charge in [-0.25, -0.2) is 0 Å². The predicted octanol–water partition coefficient (Wildman–Crippen LogP) is 0.517. The van der Waals surface area contributed by atoms with E-state index in [0.29, 0.717) is 23.8 Å². The van der Waals surface area contributed by atoms with Gasteiger partial charge < -0.3 is 20.7 Å². The van der Waals surface area contributed by atoms with Crippen molar-refractivity contribution in [2.24, 2.45) is 5.73 Å². The Hall–Kier alpha value is -1.21. The minimum absolute atomic E-state index is 0.202. The molecule has 21 heavy (non-hydrogen) atoms. The lowest BCUT2D eigenvalue weighted by Gasteiger charge is -2.31. The molecule has 1 fully saturated rings. The third-order valence-corrected chi connectivity index (χ3v) is 3.75. The first-order valence-corrected chi connectivity index (χ1v) is 7.56. The van der Waals surface area contributed by atoms with E-state index in [2.05, 4.69) is 4.90 Å². The van der Waals surface area contributed by atoms with Crippen LogP contribution in [0.2, 0.25) is 0 Å². The number of likely N-dealkylation sites (tertiary alicyclic amines) is 1. The fourth-order valence-corrected chi connectivity index (χ4v) is 2.61. The topological polar surface area (TPSA) is 79.0 Å². The van der Waals surface area contributed by atoms with Crippen LogP contribution in [-0.2, 0) is 0 Å². The van der Waals surface area contributed by atoms with E-state index in [9.17, 15) is 10.2 Å². The van der Waals surface area contributed by atoms with Gasteiger partial charge in [0.25, 0.3) is 0 Å². The van der Waals surface area contributed by atoms with E-state index in [0.717, 1.165) is 24.9 Å². The zero-order chi connectivity index (χ0) is 15.2. The fourth-order valence-electron chi connectivity index (χ4n) is 2.48. The molecule has 1 aliphatic heterocycles. The molecule has 1 aromatic rings. The van der Waals surface area contributed by atoms with Crippen LogP contribution >= 0.6 is 12.2 Å². The lowest BCUT2D eigenvalue weighted by atomic mass is 10.1. The Balaban J connectivity index is 1.79. The molecule has 2 unspecified atom stereocenters. The van der Waals surface area contributed by atoms with Crippen LogP contribution in [0, 0.1) is 0 Å². The zero-order valence-electron chi connectivity index (χ0n) is 11.9. The SMILES string of the molecule is NC(=S)c1cccc(OCC(O)CN2CCCC(O)C2)c1. The van der Waals surface area contributed by atoms with Gasteiger partial charge in [0.15, 0.2) is 0 Å². The van der Waals surface area contributed by atoms with Crippen molar-refractivity contribution in [2.75, 3.05) is 26.2 Å². The van der Waals surface area contributed by atoms with Crippen LogP contribution < -0.4 is 10.5 Å². The van der Waals surface area contributed by atoms with Crippen molar-refractivity contribution >= 4 is 17.2 Å². The molecule has 1 saturated heterocycles. The molecule has 1 heterocycles. The highest BCUT2D eigenvalue weighted by atomic mass is 32.1. The Kier molecular flexibility index (Phi) is 5.93. The molecule has 116 valence electrons. The van der Waals surface area contributed by atoms with Crippen molar-refractivity contribution in [2.45, 2.75) is 25.0 Å². The van der Waals surface area contributed by atoms with Gasteiger partial charge in [0.05, 0.1) is 6.10 Å². The first kappa shape index (κ1) is 16.2. The van der Waals surface area contributed by atoms with Gasteiger partial charge in [-0.2, -0.15) is 0 Å². The van der Waals surface area contributed by atoms with Gasteiger partial charge in [0.1, 0.15) is 23.4 Å². The maximum atomic E-state index is 10.0. The summed E-state index contributed by atoms with van der Waals surface area (Å²) in [6.45, 7) is 2.23. The molecular formula is C15H22N2O3S. The van der Waals surface area contributed by atoms with Crippen LogP contribution in [0.25, 0.3) is 0 Å². The monoisotopic (exact) mass is 310 g/mol. The zero-order valence-corrected chi connectivity index (χ0v) is 12.8. The summed E-state index contributed by atoms with van der Waals surface area (Å²) in [6, 6.07) is 7.21. The number of aliphatic hydroxyl groups is 2. The Morgan fingerprint density at radius 3 is 3.05 bits per heavy atom. The largest absolute Gasteiger partial charge is 0.491 e. The maximum absolute atomic E-state index is 10.0. The third kappa shape index (κ3) is 5.24. The van der Waals surface area contributed by atoms with Crippen LogP contribution in [0.15, 0.2) is 24.3 Å². The highest BCUT2D eigenvalue weighted by molar-refractivity contribution is 7.80. The van der Waals surface area contributed by atoms with Gasteiger partial charge in [-0.05, 0) is 31.5 Å². The Bertz CT molecular complexity index is 484. The third-order valence-electron chi connectivity index (χ3n) is 3.51. The number of β-amino-alcohol motifs (C(OH)–C–C–N with tert-alkyl or cyclic N) is 2. The highest BCUT2D eigenvalue weighted by Gasteiger charge is 2.20. The molecule has 2 rings (SSSR count). The number of rotatable bonds is 6. The molecular weight excluding hydrogens is 288 g/mol. The fraction of sp³-hybridized carbons (Fsp3) is 0.533. The second kappa shape index (κ2) is 7.70. The van der Waals surface area contributed by atoms with Gasteiger partial charge >= 0.3 is 0 Å². The summed E-state index contributed by atoms with van der Waals surface area (Å²) in [5.74, 6) is 0.637. The smallest absolute Gasteiger partial charge is 0.120 e. The standard InChI is InChI=1S/C15H22N2O3S/c16-15(21)11-3-1-5-14(7-11)20-10-13(19)9-17-6-2-4-12(18)8-17/h1,3,5,7,12-13,18-19H,2,4,6,8-10H2,(H2,16,21). The summed E-state index contributed by atoms with van der Waals surface area (Å²) in [5, 5.41) is 19.6. The van der Waals surface area contributed by atoms with Gasteiger partial charge in [0, 0.05) is 18.7 Å². The molecule has 1 aromatic carbocycles. The van der Waals surface area contributed by atoms with E-state index in [-0.39, 0.29) is 12.7 Å². The number of nitrogens with two attached hydrogens (primary N) is 1. The van der Waals surface area contributed by atoms with E-state index in [1.54, 1.807) is 12.1 Å². The van der Waals surface area contributed by atoms with Gasteiger partial charge in [-0.1, -0.05) is 24.4 Å². The summed E-state index contributed by atoms with van der Waals surface area (Å²) < 4.78 is 5.57. The van der Waals surface area contributed by atoms with Crippen molar-refractivity contribution in [3.05, 3.63) is 29.8 Å². The first-order valence-electron chi connectivity index (χ1n) is 7.16. The van der Waals surface area contributed by atoms with Crippen LogP contribution in [0.3, 0.4) is 0 Å². The van der Waals surface area contributed by atoms with Crippen LogP contribution in [0.1, 0.15) is 18.4 Å². The molecule has 0 saturated carbocycles. The lowest BCUT2D eigenvalue weighted by molar-refractivity contribution is 0.0243. The number of benzene rings is 1. The van der Waals surface area contributed by atoms with Crippen LogP contribution in [0.4, 0.5) is 0 Å². The van der Waals surface area contributed by atoms with Crippen molar-refractivity contribution < 1.29 is 14.9 Å². The minimum atomic E-state index is -0.594. The number of ether oxygens (including phenoxy) is 1. The minimum Gasteiger partial charge on any atom is -0.491 e. The summed E-state index contributed by atoms with van der Waals surface area (Å²) >= 11 is 4.92. The van der Waals surface area contributed by atoms with Gasteiger partial charge in [0.2, 0.25) is 0 Å². The summed E-state index contributed by atoms with van der Waals surface area (Å²) in [6.07, 6.45) is 0.928. The van der Waals surface area contributed by atoms with Crippen LogP contribution in [-0.4, -0.2) is 58.6 Å². The number of piperidine rings is 1. The van der Waals surface area contributed by atoms with Crippen molar-refractivity contribution in [3.8, 4) is 5.75 Å². The number of nitrogens with zero attached hydrogens (tertiary/aromatic N) is 1. The normalized spacial score (nSPS) is 21.0. The molecule has 5 nitrogen and oxygen atoms in total. The van der Waals surface area contributed by atoms with E-state index in [1.165, 1.54) is 0 Å². The van der Waals surface area contributed by atoms with E-state index >= 15 is 0 Å². The van der Waals surface area contributed by atoms with Gasteiger partial charge in [-0.3, -0.25) is 4.90 Å². The van der Waals surface area contributed by atoms with Crippen LogP contribution in [0.5, 0.6) is 5.75 Å². The summed E-state index contributed by atoms with van der Waals surface area (Å²) in [4.78, 5) is 2.39. The molecule has 0 aromatic heterocycles. The molecule has 0 bridgehead atoms. The molecule has 0 spiro atoms. The van der Waals surface area contributed by atoms with Gasteiger partial charge in [-0.15, -0.1) is 0 Å². The molecule has 4 N–H and O–H groups in total. The molecule has 0 radical (unpaired) electrons. The number of hydrogen-bond acceptors (Lipinski definition) is 5. The second-order valence-corrected chi connectivity index (χ2v) is 5.85. The number of aliphatic hydroxyl groups excluding tert-OH is 2. The molecule has 1 aliphatic rings. The van der Waals surface area contributed by atoms with Crippen molar-refractivity contribution in [3.63, 3.8) is 0 Å². The quantitative estimate of drug-likeness (QED) is 0.665. The molecule has 0 aliphatic carbocycles. The average molecular weight is 310 g/mol. The Morgan fingerprint density at radius 2 is 2.33 bits per heavy atom. The molecule has 2 atom stereocenters. The summed E-state index contributed by atoms with van der Waals surface area (Å²) in [7, 11) is 0. The maximum Gasteiger partial charge on any atom is 0.120 e. The highest BCUT2D eigenvalue weighted by Crippen LogP contribution is 2.14. The van der Waals surface area contributed by atoms with Crippen molar-refractivity contribution in [1.82, 2.24) is 4.90 Å².